The van der Waals surface area contributed by atoms with Crippen molar-refractivity contribution in [1.29, 1.82) is 0 Å². The second kappa shape index (κ2) is 3.27. The molecule has 0 aromatic heterocycles. The van der Waals surface area contributed by atoms with Crippen molar-refractivity contribution in [3.63, 3.8) is 0 Å². The van der Waals surface area contributed by atoms with Crippen molar-refractivity contribution in [2.75, 3.05) is 0 Å². The van der Waals surface area contributed by atoms with Crippen LogP contribution in [-0.2, 0) is 0 Å². The van der Waals surface area contributed by atoms with Gasteiger partial charge < -0.3 is 0 Å². The van der Waals surface area contributed by atoms with Gasteiger partial charge >= 0.3 is 0 Å². The molecule has 2 aromatic carbocycles. The van der Waals surface area contributed by atoms with Crippen molar-refractivity contribution in [2.24, 2.45) is 0 Å². The molecule has 0 saturated heterocycles. The van der Waals surface area contributed by atoms with Crippen LogP contribution in [0.4, 0.5) is 0 Å². The fraction of sp³-hybridized carbons (Fsp3) is 0. The van der Waals surface area contributed by atoms with E-state index in [1.807, 2.05) is 12.2 Å². The van der Waals surface area contributed by atoms with E-state index in [9.17, 15) is 0 Å². The van der Waals surface area contributed by atoms with Gasteiger partial charge in [0.25, 0.3) is 0 Å². The molecule has 0 atom stereocenters. The Labute approximate surface area is 88.2 Å². The molecule has 0 N–H and O–H groups in total. The fourth-order valence-electron chi connectivity index (χ4n) is 1.90. The topological polar surface area (TPSA) is 0 Å². The highest BCUT2D eigenvalue weighted by Gasteiger charge is 1.93. The lowest BCUT2D eigenvalue weighted by molar-refractivity contribution is 1.57. The molecule has 0 nitrogen and oxygen atoms in total. The Kier molecular flexibility index (Phi) is 1.81. The van der Waals surface area contributed by atoms with Gasteiger partial charge in [-0.3, -0.25) is 0 Å². The zero-order valence-corrected chi connectivity index (χ0v) is 8.27. The van der Waals surface area contributed by atoms with Crippen LogP contribution in [0, 0.1) is 0 Å². The Morgan fingerprint density at radius 1 is 0.733 bits per heavy atom. The first-order chi connectivity index (χ1) is 7.43. The third-order valence-electron chi connectivity index (χ3n) is 2.67. The molecule has 0 unspecified atom stereocenters. The van der Waals surface area contributed by atoms with Crippen LogP contribution in [0.5, 0.6) is 0 Å². The Bertz CT molecular complexity index is 638. The summed E-state index contributed by atoms with van der Waals surface area (Å²) in [6.45, 7) is 0. The van der Waals surface area contributed by atoms with Crippen LogP contribution < -0.4 is 10.4 Å². The molecule has 0 radical (unpaired) electrons. The molecule has 0 fully saturated rings. The lowest BCUT2D eigenvalue weighted by Gasteiger charge is -1.97. The largest absolute Gasteiger partial charge is 0.121 e. The van der Waals surface area contributed by atoms with E-state index in [0.29, 0.717) is 0 Å². The minimum Gasteiger partial charge on any atom is -0.121 e. The first-order valence-corrected chi connectivity index (χ1v) is 5.05. The molecule has 15 heavy (non-hydrogen) atoms. The Morgan fingerprint density at radius 2 is 1.27 bits per heavy atom. The molecule has 1 aliphatic rings. The number of fused-ring (bicyclic) bond motifs is 2. The highest BCUT2D eigenvalue weighted by Crippen LogP contribution is 2.08. The van der Waals surface area contributed by atoms with Gasteiger partial charge in [-0.15, -0.1) is 5.73 Å². The molecule has 0 aliphatic heterocycles. The molecule has 0 spiro atoms. The number of hydrogen-bond donors (Lipinski definition) is 0. The van der Waals surface area contributed by atoms with Gasteiger partial charge in [0.15, 0.2) is 0 Å². The predicted octanol–water partition coefficient (Wildman–Crippen LogP) is 2.13. The first kappa shape index (κ1) is 8.28. The smallest absolute Gasteiger partial charge is 0.0171 e. The highest BCUT2D eigenvalue weighted by molar-refractivity contribution is 5.83. The second-order valence-electron chi connectivity index (χ2n) is 3.66. The Hall–Kier alpha value is -2.04. The first-order valence-electron chi connectivity index (χ1n) is 5.05. The van der Waals surface area contributed by atoms with E-state index in [1.54, 1.807) is 0 Å². The van der Waals surface area contributed by atoms with E-state index in [0.717, 1.165) is 0 Å². The van der Waals surface area contributed by atoms with Gasteiger partial charge in [0.05, 0.1) is 0 Å². The van der Waals surface area contributed by atoms with Crippen molar-refractivity contribution in [1.82, 2.24) is 0 Å². The van der Waals surface area contributed by atoms with E-state index in [1.165, 1.54) is 21.2 Å². The molecule has 2 aromatic rings. The maximum atomic E-state index is 3.09. The molecule has 0 heterocycles. The molecule has 0 saturated carbocycles. The Morgan fingerprint density at radius 3 is 1.80 bits per heavy atom. The van der Waals surface area contributed by atoms with Gasteiger partial charge in [0.2, 0.25) is 0 Å². The third-order valence-corrected chi connectivity index (χ3v) is 2.67. The van der Waals surface area contributed by atoms with E-state index >= 15 is 0 Å². The monoisotopic (exact) mass is 190 g/mol. The maximum Gasteiger partial charge on any atom is -0.0171 e. The highest BCUT2D eigenvalue weighted by atomic mass is 14.0. The van der Waals surface area contributed by atoms with Crippen LogP contribution in [0.25, 0.3) is 22.9 Å². The van der Waals surface area contributed by atoms with Crippen LogP contribution in [0.1, 0.15) is 0 Å². The Balaban J connectivity index is 2.53. The van der Waals surface area contributed by atoms with Crippen molar-refractivity contribution >= 4 is 22.9 Å². The summed E-state index contributed by atoms with van der Waals surface area (Å²) in [6, 6.07) is 12.9. The summed E-state index contributed by atoms with van der Waals surface area (Å²) >= 11 is 0. The minimum atomic E-state index is 1.26. The number of allylic oxidation sites excluding steroid dienone is 1. The summed E-state index contributed by atoms with van der Waals surface area (Å²) in [5.74, 6) is 0. The molecule has 0 bridgehead atoms. The van der Waals surface area contributed by atoms with Crippen LogP contribution in [0.15, 0.2) is 54.3 Å². The number of benzene rings is 2. The summed E-state index contributed by atoms with van der Waals surface area (Å²) in [5.41, 5.74) is 3.09. The summed E-state index contributed by atoms with van der Waals surface area (Å²) in [5, 5.41) is 5.09. The van der Waals surface area contributed by atoms with Crippen molar-refractivity contribution in [2.45, 2.75) is 0 Å². The summed E-state index contributed by atoms with van der Waals surface area (Å²) in [6.07, 6.45) is 8.11. The fourth-order valence-corrected chi connectivity index (χ4v) is 1.90. The van der Waals surface area contributed by atoms with Gasteiger partial charge in [0.1, 0.15) is 0 Å². The molecule has 0 amide bonds. The number of hydrogen-bond acceptors (Lipinski definition) is 0. The molecule has 3 rings (SSSR count). The standard InChI is InChI=1S/C15H10/c1-2-6-12-10-14-8-4-5-9-15(14)11-13(12)7-3-1/h2-11H. The average Bonchev–Trinajstić information content (AvgIpc) is 2.50. The van der Waals surface area contributed by atoms with Crippen LogP contribution >= 0.6 is 0 Å². The summed E-state index contributed by atoms with van der Waals surface area (Å²) in [7, 11) is 0. The lowest BCUT2D eigenvalue weighted by atomic mass is 10.1. The number of rotatable bonds is 0. The lowest BCUT2D eigenvalue weighted by Crippen LogP contribution is -2.23. The van der Waals surface area contributed by atoms with Gasteiger partial charge in [-0.25, -0.2) is 0 Å². The van der Waals surface area contributed by atoms with Crippen molar-refractivity contribution < 1.29 is 0 Å². The second-order valence-corrected chi connectivity index (χ2v) is 3.66. The van der Waals surface area contributed by atoms with Gasteiger partial charge in [-0.05, 0) is 57.6 Å². The third kappa shape index (κ3) is 1.41. The van der Waals surface area contributed by atoms with E-state index in [-0.39, 0.29) is 0 Å². The zero-order valence-electron chi connectivity index (χ0n) is 8.27. The quantitative estimate of drug-likeness (QED) is 0.558. The summed E-state index contributed by atoms with van der Waals surface area (Å²) < 4.78 is 0. The summed E-state index contributed by atoms with van der Waals surface area (Å²) in [4.78, 5) is 0. The molecule has 70 valence electrons. The average molecular weight is 190 g/mol. The van der Waals surface area contributed by atoms with E-state index < -0.39 is 0 Å². The van der Waals surface area contributed by atoms with Gasteiger partial charge in [-0.2, -0.15) is 0 Å². The maximum absolute atomic E-state index is 3.09. The SMILES string of the molecule is C1=CC=c2cc3ccccc3cc2=CC=1. The van der Waals surface area contributed by atoms with Crippen LogP contribution in [-0.4, -0.2) is 0 Å². The van der Waals surface area contributed by atoms with Crippen LogP contribution in [0.2, 0.25) is 0 Å². The van der Waals surface area contributed by atoms with Gasteiger partial charge in [-0.1, -0.05) is 24.3 Å². The van der Waals surface area contributed by atoms with Crippen molar-refractivity contribution in [3.05, 3.63) is 64.7 Å². The predicted molar refractivity (Wildman–Crippen MR) is 64.8 cm³/mol. The zero-order chi connectivity index (χ0) is 10.1. The van der Waals surface area contributed by atoms with Crippen molar-refractivity contribution in [3.8, 4) is 0 Å². The van der Waals surface area contributed by atoms with Crippen LogP contribution in [0.3, 0.4) is 0 Å². The normalized spacial score (nSPS) is 12.8. The van der Waals surface area contributed by atoms with Gasteiger partial charge in [0, 0.05) is 0 Å². The molecule has 0 heteroatoms. The minimum absolute atomic E-state index is 1.26. The molecule has 1 aliphatic carbocycles. The van der Waals surface area contributed by atoms with E-state index in [4.69, 9.17) is 0 Å². The molecular weight excluding hydrogens is 180 g/mol. The molecular formula is C15H10. The van der Waals surface area contributed by atoms with E-state index in [2.05, 4.69) is 54.3 Å².